The van der Waals surface area contributed by atoms with Crippen LogP contribution in [0.15, 0.2) is 29.2 Å². The molecule has 1 nitrogen and oxygen atoms in total. The van der Waals surface area contributed by atoms with Crippen molar-refractivity contribution in [3.63, 3.8) is 0 Å². The lowest BCUT2D eigenvalue weighted by Crippen LogP contribution is -2.19. The first-order chi connectivity index (χ1) is 9.46. The van der Waals surface area contributed by atoms with Gasteiger partial charge >= 0.3 is 0 Å². The highest BCUT2D eigenvalue weighted by Crippen LogP contribution is 2.36. The van der Waals surface area contributed by atoms with Gasteiger partial charge in [0.05, 0.1) is 0 Å². The lowest BCUT2D eigenvalue weighted by molar-refractivity contribution is 0.252. The van der Waals surface area contributed by atoms with Crippen molar-refractivity contribution in [3.8, 4) is 0 Å². The van der Waals surface area contributed by atoms with Crippen LogP contribution in [0, 0.1) is 5.41 Å². The van der Waals surface area contributed by atoms with E-state index >= 15 is 0 Å². The van der Waals surface area contributed by atoms with Gasteiger partial charge < -0.3 is 5.32 Å². The maximum absolute atomic E-state index is 12.6. The summed E-state index contributed by atoms with van der Waals surface area (Å²) >= 11 is 0.623. The molecule has 1 unspecified atom stereocenters. The Balaban J connectivity index is 2.02. The molecule has 0 amide bonds. The topological polar surface area (TPSA) is 12.0 Å². The first-order valence-electron chi connectivity index (χ1n) is 7.27. The van der Waals surface area contributed by atoms with Crippen molar-refractivity contribution < 1.29 is 8.78 Å². The van der Waals surface area contributed by atoms with Gasteiger partial charge in [-0.3, -0.25) is 0 Å². The molecular formula is C16H23F2NS. The van der Waals surface area contributed by atoms with Crippen LogP contribution >= 0.6 is 11.8 Å². The monoisotopic (exact) mass is 299 g/mol. The number of benzene rings is 1. The maximum atomic E-state index is 12.6. The molecule has 1 saturated carbocycles. The van der Waals surface area contributed by atoms with Crippen molar-refractivity contribution >= 4 is 17.4 Å². The largest absolute Gasteiger partial charge is 0.381 e. The summed E-state index contributed by atoms with van der Waals surface area (Å²) < 4.78 is 25.2. The van der Waals surface area contributed by atoms with E-state index in [0.717, 1.165) is 18.5 Å². The van der Waals surface area contributed by atoms with Crippen molar-refractivity contribution in [3.05, 3.63) is 24.3 Å². The fraction of sp³-hybridized carbons (Fsp3) is 0.625. The molecule has 1 aromatic rings. The number of halogens is 2. The van der Waals surface area contributed by atoms with E-state index < -0.39 is 5.76 Å². The van der Waals surface area contributed by atoms with Crippen LogP contribution in [-0.2, 0) is 0 Å². The van der Waals surface area contributed by atoms with E-state index in [2.05, 4.69) is 19.2 Å². The van der Waals surface area contributed by atoms with Crippen LogP contribution in [-0.4, -0.2) is 11.8 Å². The molecule has 0 aromatic heterocycles. The Morgan fingerprint density at radius 2 is 1.95 bits per heavy atom. The zero-order chi connectivity index (χ0) is 14.6. The summed E-state index contributed by atoms with van der Waals surface area (Å²) in [6.45, 7) is 4.63. The molecule has 2 rings (SSSR count). The number of rotatable bonds is 4. The summed E-state index contributed by atoms with van der Waals surface area (Å²) in [6, 6.07) is 7.78. The Morgan fingerprint density at radius 1 is 1.20 bits per heavy atom. The molecule has 112 valence electrons. The Morgan fingerprint density at radius 3 is 2.70 bits per heavy atom. The third kappa shape index (κ3) is 4.65. The van der Waals surface area contributed by atoms with Gasteiger partial charge in [-0.1, -0.05) is 44.2 Å². The Hall–Kier alpha value is -0.770. The molecule has 4 heteroatoms. The average molecular weight is 299 g/mol. The van der Waals surface area contributed by atoms with Gasteiger partial charge in [-0.25, -0.2) is 0 Å². The molecule has 0 radical (unpaired) electrons. The molecule has 1 aromatic carbocycles. The minimum Gasteiger partial charge on any atom is -0.381 e. The molecule has 0 saturated heterocycles. The Bertz CT molecular complexity index is 434. The number of thioether (sulfide) groups is 1. The molecule has 0 spiro atoms. The van der Waals surface area contributed by atoms with Crippen molar-refractivity contribution in [2.45, 2.75) is 62.6 Å². The number of nitrogens with one attached hydrogen (secondary N) is 1. The van der Waals surface area contributed by atoms with Gasteiger partial charge in [0.25, 0.3) is 5.76 Å². The van der Waals surface area contributed by atoms with Crippen molar-refractivity contribution in [2.24, 2.45) is 5.41 Å². The van der Waals surface area contributed by atoms with E-state index in [1.54, 1.807) is 6.07 Å². The van der Waals surface area contributed by atoms with E-state index in [4.69, 9.17) is 0 Å². The van der Waals surface area contributed by atoms with Gasteiger partial charge in [0, 0.05) is 16.6 Å². The number of hydrogen-bond acceptors (Lipinski definition) is 2. The molecule has 1 atom stereocenters. The third-order valence-electron chi connectivity index (χ3n) is 4.04. The van der Waals surface area contributed by atoms with Crippen LogP contribution < -0.4 is 5.32 Å². The van der Waals surface area contributed by atoms with E-state index in [0.29, 0.717) is 28.1 Å². The first kappa shape index (κ1) is 15.6. The summed E-state index contributed by atoms with van der Waals surface area (Å²) in [4.78, 5) is 0.644. The maximum Gasteiger partial charge on any atom is 0.288 e. The van der Waals surface area contributed by atoms with Gasteiger partial charge in [0.15, 0.2) is 0 Å². The van der Waals surface area contributed by atoms with Crippen LogP contribution in [0.5, 0.6) is 0 Å². The minimum atomic E-state index is -2.37. The lowest BCUT2D eigenvalue weighted by atomic mass is 9.85. The minimum absolute atomic E-state index is 0.399. The van der Waals surface area contributed by atoms with Crippen LogP contribution in [0.2, 0.25) is 0 Å². The fourth-order valence-corrected chi connectivity index (χ4v) is 3.41. The number of alkyl halides is 2. The summed E-state index contributed by atoms with van der Waals surface area (Å²) in [5.41, 5.74) is 1.26. The van der Waals surface area contributed by atoms with Crippen molar-refractivity contribution in [1.29, 1.82) is 0 Å². The molecular weight excluding hydrogens is 276 g/mol. The zero-order valence-corrected chi connectivity index (χ0v) is 13.0. The molecule has 1 aliphatic rings. The number of hydrogen-bond donors (Lipinski definition) is 1. The van der Waals surface area contributed by atoms with E-state index in [1.165, 1.54) is 19.3 Å². The van der Waals surface area contributed by atoms with Crippen molar-refractivity contribution in [2.75, 3.05) is 5.32 Å². The Labute approximate surface area is 124 Å². The zero-order valence-electron chi connectivity index (χ0n) is 12.2. The van der Waals surface area contributed by atoms with Gasteiger partial charge in [-0.15, -0.1) is 0 Å². The summed E-state index contributed by atoms with van der Waals surface area (Å²) in [5.74, 6) is -2.37. The molecule has 0 heterocycles. The summed E-state index contributed by atoms with van der Waals surface area (Å²) in [5, 5.41) is 3.48. The van der Waals surface area contributed by atoms with Gasteiger partial charge in [-0.05, 0) is 43.2 Å². The van der Waals surface area contributed by atoms with Crippen LogP contribution in [0.3, 0.4) is 0 Å². The predicted molar refractivity (Wildman–Crippen MR) is 82.6 cm³/mol. The average Bonchev–Trinajstić information content (AvgIpc) is 2.53. The lowest BCUT2D eigenvalue weighted by Gasteiger charge is -2.23. The normalized spacial score (nSPS) is 22.6. The second kappa shape index (κ2) is 6.79. The second-order valence-electron chi connectivity index (χ2n) is 6.31. The number of para-hydroxylation sites is 1. The second-order valence-corrected chi connectivity index (χ2v) is 7.34. The third-order valence-corrected chi connectivity index (χ3v) is 4.83. The first-order valence-corrected chi connectivity index (χ1v) is 8.15. The fourth-order valence-electron chi connectivity index (χ4n) is 2.81. The molecule has 0 bridgehead atoms. The Kier molecular flexibility index (Phi) is 5.30. The van der Waals surface area contributed by atoms with Gasteiger partial charge in [-0.2, -0.15) is 8.78 Å². The summed E-state index contributed by atoms with van der Waals surface area (Å²) in [6.07, 6.45) is 5.88. The van der Waals surface area contributed by atoms with E-state index in [-0.39, 0.29) is 0 Å². The number of anilines is 1. The molecule has 1 N–H and O–H groups in total. The molecule has 1 fully saturated rings. The van der Waals surface area contributed by atoms with E-state index in [9.17, 15) is 8.78 Å². The molecule has 0 aliphatic heterocycles. The smallest absolute Gasteiger partial charge is 0.288 e. The highest BCUT2D eigenvalue weighted by molar-refractivity contribution is 7.99. The van der Waals surface area contributed by atoms with Gasteiger partial charge in [0.2, 0.25) is 0 Å². The van der Waals surface area contributed by atoms with Crippen LogP contribution in [0.1, 0.15) is 46.0 Å². The van der Waals surface area contributed by atoms with Crippen molar-refractivity contribution in [1.82, 2.24) is 0 Å². The van der Waals surface area contributed by atoms with E-state index in [1.807, 2.05) is 18.2 Å². The standard InChI is InChI=1S/C16H23F2NS/c1-16(2)10-5-6-12(9-11-16)19-13-7-3-4-8-14(13)20-15(17)18/h3-4,7-8,12,15,19H,5-6,9-11H2,1-2H3. The predicted octanol–water partition coefficient (Wildman–Crippen LogP) is 5.77. The van der Waals surface area contributed by atoms with Gasteiger partial charge in [0.1, 0.15) is 0 Å². The highest BCUT2D eigenvalue weighted by Gasteiger charge is 2.24. The molecule has 1 aliphatic carbocycles. The van der Waals surface area contributed by atoms with Crippen LogP contribution in [0.4, 0.5) is 14.5 Å². The molecule has 20 heavy (non-hydrogen) atoms. The van der Waals surface area contributed by atoms with Crippen LogP contribution in [0.25, 0.3) is 0 Å². The quantitative estimate of drug-likeness (QED) is 0.559. The summed E-state index contributed by atoms with van der Waals surface area (Å²) in [7, 11) is 0. The SMILES string of the molecule is CC1(C)CCCC(Nc2ccccc2SC(F)F)CC1. The highest BCUT2D eigenvalue weighted by atomic mass is 32.2.